The fourth-order valence-electron chi connectivity index (χ4n) is 2.98. The van der Waals surface area contributed by atoms with Crippen LogP contribution in [0.2, 0.25) is 5.02 Å². The molecule has 2 aromatic rings. The number of nitro benzene ring substituents is 1. The predicted molar refractivity (Wildman–Crippen MR) is 103 cm³/mol. The van der Waals surface area contributed by atoms with Gasteiger partial charge in [0.2, 0.25) is 10.0 Å². The van der Waals surface area contributed by atoms with Crippen molar-refractivity contribution < 1.29 is 18.1 Å². The number of halogens is 1. The van der Waals surface area contributed by atoms with Crippen LogP contribution in [0.3, 0.4) is 0 Å². The van der Waals surface area contributed by atoms with Gasteiger partial charge in [-0.05, 0) is 48.7 Å². The largest absolute Gasteiger partial charge is 0.322 e. The lowest BCUT2D eigenvalue weighted by atomic mass is 10.0. The molecule has 0 aliphatic carbocycles. The third-order valence-electron chi connectivity index (χ3n) is 4.22. The number of sulfonamides is 1. The van der Waals surface area contributed by atoms with Crippen LogP contribution in [-0.2, 0) is 16.4 Å². The number of carbonyl (C=O) groups excluding carboxylic acids is 1. The van der Waals surface area contributed by atoms with Crippen molar-refractivity contribution in [2.45, 2.75) is 12.8 Å². The maximum atomic E-state index is 12.4. The number of aryl methyl sites for hydroxylation is 1. The molecule has 2 aromatic carbocycles. The van der Waals surface area contributed by atoms with Gasteiger partial charge in [0.1, 0.15) is 5.02 Å². The molecule has 1 amide bonds. The van der Waals surface area contributed by atoms with Gasteiger partial charge in [-0.25, -0.2) is 8.42 Å². The number of rotatable bonds is 4. The smallest absolute Gasteiger partial charge is 0.288 e. The van der Waals surface area contributed by atoms with E-state index in [1.165, 1.54) is 16.4 Å². The van der Waals surface area contributed by atoms with Crippen LogP contribution in [0.5, 0.6) is 0 Å². The van der Waals surface area contributed by atoms with Crippen LogP contribution in [0.1, 0.15) is 22.3 Å². The second kappa shape index (κ2) is 7.16. The molecule has 0 radical (unpaired) electrons. The SMILES string of the molecule is CS(=O)(=O)N1CCCc2cc(NC(=O)c3ccc(Cl)c([N+](=O)[O-])c3)ccc21. The highest BCUT2D eigenvalue weighted by Crippen LogP contribution is 2.31. The van der Waals surface area contributed by atoms with Gasteiger partial charge < -0.3 is 5.32 Å². The second-order valence-corrected chi connectivity index (χ2v) is 8.47. The Morgan fingerprint density at radius 2 is 2.00 bits per heavy atom. The summed E-state index contributed by atoms with van der Waals surface area (Å²) in [6.07, 6.45) is 2.53. The zero-order chi connectivity index (χ0) is 19.8. The van der Waals surface area contributed by atoms with Crippen LogP contribution >= 0.6 is 11.6 Å². The number of nitro groups is 1. The summed E-state index contributed by atoms with van der Waals surface area (Å²) in [5.74, 6) is -0.523. The Bertz CT molecular complexity index is 1040. The number of hydrogen-bond donors (Lipinski definition) is 1. The first-order valence-electron chi connectivity index (χ1n) is 8.03. The van der Waals surface area contributed by atoms with E-state index < -0.39 is 20.9 Å². The zero-order valence-corrected chi connectivity index (χ0v) is 15.9. The molecular weight excluding hydrogens is 394 g/mol. The average Bonchev–Trinajstić information content (AvgIpc) is 2.60. The summed E-state index contributed by atoms with van der Waals surface area (Å²) in [4.78, 5) is 22.7. The van der Waals surface area contributed by atoms with Crippen molar-refractivity contribution in [2.24, 2.45) is 0 Å². The molecule has 27 heavy (non-hydrogen) atoms. The Labute approximate surface area is 160 Å². The molecule has 1 N–H and O–H groups in total. The fourth-order valence-corrected chi connectivity index (χ4v) is 4.16. The highest BCUT2D eigenvalue weighted by molar-refractivity contribution is 7.92. The second-order valence-electron chi connectivity index (χ2n) is 6.16. The summed E-state index contributed by atoms with van der Waals surface area (Å²) in [5.41, 5.74) is 1.64. The van der Waals surface area contributed by atoms with Gasteiger partial charge in [0.15, 0.2) is 0 Å². The predicted octanol–water partition coefficient (Wildman–Crippen LogP) is 3.21. The molecule has 10 heteroatoms. The van der Waals surface area contributed by atoms with Crippen molar-refractivity contribution in [3.8, 4) is 0 Å². The molecule has 1 aliphatic rings. The van der Waals surface area contributed by atoms with Gasteiger partial charge in [0.25, 0.3) is 11.6 Å². The number of anilines is 2. The van der Waals surface area contributed by atoms with Gasteiger partial charge in [-0.2, -0.15) is 0 Å². The Kier molecular flexibility index (Phi) is 5.07. The van der Waals surface area contributed by atoms with Gasteiger partial charge in [-0.15, -0.1) is 0 Å². The maximum absolute atomic E-state index is 12.4. The first kappa shape index (κ1) is 19.1. The third kappa shape index (κ3) is 4.04. The standard InChI is InChI=1S/C17H16ClN3O5S/c1-27(25,26)20-8-2-3-11-9-13(5-7-15(11)20)19-17(22)12-4-6-14(18)16(10-12)21(23)24/h4-7,9-10H,2-3,8H2,1H3,(H,19,22). The van der Waals surface area contributed by atoms with Crippen molar-refractivity contribution in [2.75, 3.05) is 22.4 Å². The molecular formula is C17H16ClN3O5S. The molecule has 0 unspecified atom stereocenters. The van der Waals surface area contributed by atoms with E-state index in [-0.39, 0.29) is 16.3 Å². The van der Waals surface area contributed by atoms with Gasteiger partial charge in [0.05, 0.1) is 16.9 Å². The molecule has 1 heterocycles. The van der Waals surface area contributed by atoms with Crippen LogP contribution < -0.4 is 9.62 Å². The summed E-state index contributed by atoms with van der Waals surface area (Å²) < 4.78 is 25.2. The molecule has 3 rings (SSSR count). The van der Waals surface area contributed by atoms with Crippen molar-refractivity contribution in [1.29, 1.82) is 0 Å². The lowest BCUT2D eigenvalue weighted by Gasteiger charge is -2.29. The number of amides is 1. The molecule has 142 valence electrons. The topological polar surface area (TPSA) is 110 Å². The monoisotopic (exact) mass is 409 g/mol. The van der Waals surface area contributed by atoms with Gasteiger partial charge in [-0.3, -0.25) is 19.2 Å². The minimum atomic E-state index is -3.37. The highest BCUT2D eigenvalue weighted by Gasteiger charge is 2.24. The fraction of sp³-hybridized carbons (Fsp3) is 0.235. The lowest BCUT2D eigenvalue weighted by Crippen LogP contribution is -2.34. The van der Waals surface area contributed by atoms with Crippen molar-refractivity contribution in [1.82, 2.24) is 0 Å². The Morgan fingerprint density at radius 3 is 2.67 bits per heavy atom. The van der Waals surface area contributed by atoms with Crippen LogP contribution in [0.25, 0.3) is 0 Å². The minimum absolute atomic E-state index is 0.0498. The van der Waals surface area contributed by atoms with E-state index in [0.29, 0.717) is 30.8 Å². The summed E-state index contributed by atoms with van der Waals surface area (Å²) >= 11 is 5.76. The third-order valence-corrected chi connectivity index (χ3v) is 5.72. The molecule has 0 fully saturated rings. The summed E-state index contributed by atoms with van der Waals surface area (Å²) in [7, 11) is -3.37. The lowest BCUT2D eigenvalue weighted by molar-refractivity contribution is -0.384. The minimum Gasteiger partial charge on any atom is -0.322 e. The molecule has 0 spiro atoms. The molecule has 0 saturated heterocycles. The van der Waals surface area contributed by atoms with E-state index in [4.69, 9.17) is 11.6 Å². The summed E-state index contributed by atoms with van der Waals surface area (Å²) in [5, 5.41) is 13.6. The van der Waals surface area contributed by atoms with E-state index in [9.17, 15) is 23.3 Å². The molecule has 0 bridgehead atoms. The Hall–Kier alpha value is -2.65. The number of benzene rings is 2. The van der Waals surface area contributed by atoms with Gasteiger partial charge in [-0.1, -0.05) is 11.6 Å². The average molecular weight is 410 g/mol. The maximum Gasteiger partial charge on any atom is 0.288 e. The van der Waals surface area contributed by atoms with E-state index in [0.717, 1.165) is 17.9 Å². The molecule has 1 aliphatic heterocycles. The first-order chi connectivity index (χ1) is 12.7. The molecule has 8 nitrogen and oxygen atoms in total. The number of nitrogens with zero attached hydrogens (tertiary/aromatic N) is 2. The Balaban J connectivity index is 1.86. The van der Waals surface area contributed by atoms with Gasteiger partial charge in [0, 0.05) is 23.9 Å². The first-order valence-corrected chi connectivity index (χ1v) is 10.3. The van der Waals surface area contributed by atoms with Crippen LogP contribution in [0.15, 0.2) is 36.4 Å². The number of carbonyl (C=O) groups is 1. The normalized spacial score (nSPS) is 13.8. The highest BCUT2D eigenvalue weighted by atomic mass is 35.5. The van der Waals surface area contributed by atoms with Crippen LogP contribution in [0.4, 0.5) is 17.1 Å². The van der Waals surface area contributed by atoms with Gasteiger partial charge >= 0.3 is 0 Å². The van der Waals surface area contributed by atoms with E-state index in [1.807, 2.05) is 0 Å². The van der Waals surface area contributed by atoms with E-state index >= 15 is 0 Å². The van der Waals surface area contributed by atoms with E-state index in [1.54, 1.807) is 18.2 Å². The van der Waals surface area contributed by atoms with Crippen molar-refractivity contribution >= 4 is 44.6 Å². The number of fused-ring (bicyclic) bond motifs is 1. The van der Waals surface area contributed by atoms with Crippen LogP contribution in [0, 0.1) is 10.1 Å². The zero-order valence-electron chi connectivity index (χ0n) is 14.3. The van der Waals surface area contributed by atoms with Crippen LogP contribution in [-0.4, -0.2) is 32.0 Å². The number of nitrogens with one attached hydrogen (secondary N) is 1. The number of hydrogen-bond acceptors (Lipinski definition) is 5. The summed E-state index contributed by atoms with van der Waals surface area (Å²) in [6, 6.07) is 8.77. The molecule has 0 aromatic heterocycles. The quantitative estimate of drug-likeness (QED) is 0.615. The van der Waals surface area contributed by atoms with E-state index in [2.05, 4.69) is 5.32 Å². The molecule has 0 atom stereocenters. The Morgan fingerprint density at radius 1 is 1.26 bits per heavy atom. The van der Waals surface area contributed by atoms with Crippen molar-refractivity contribution in [3.05, 3.63) is 62.7 Å². The summed E-state index contributed by atoms with van der Waals surface area (Å²) in [6.45, 7) is 0.423. The van der Waals surface area contributed by atoms with Crippen molar-refractivity contribution in [3.63, 3.8) is 0 Å². The molecule has 0 saturated carbocycles.